The Kier molecular flexibility index (Phi) is 5.89. The number of hydrogen-bond acceptors (Lipinski definition) is 3. The zero-order valence-electron chi connectivity index (χ0n) is 10.9. The van der Waals surface area contributed by atoms with E-state index in [4.69, 9.17) is 23.1 Å². The highest BCUT2D eigenvalue weighted by Crippen LogP contribution is 2.27. The molecule has 1 aromatic heterocycles. The van der Waals surface area contributed by atoms with Crippen LogP contribution in [0.2, 0.25) is 0 Å². The number of nitrogens with one attached hydrogen (secondary N) is 1. The third kappa shape index (κ3) is 6.39. The van der Waals surface area contributed by atoms with E-state index >= 15 is 0 Å². The molecule has 116 valence electrons. The number of halogens is 3. The van der Waals surface area contributed by atoms with Gasteiger partial charge in [0.1, 0.15) is 5.69 Å². The van der Waals surface area contributed by atoms with E-state index in [-0.39, 0.29) is 11.4 Å². The third-order valence-electron chi connectivity index (χ3n) is 2.66. The minimum atomic E-state index is -4.50. The minimum Gasteiger partial charge on any atom is -0.465 e. The Bertz CT molecular complexity index is 505. The standard InChI is InChI=1S/C12H14F3N3O2S/c13-12(14,15)9-3-1-7(6-17-9)5-8(18-11(19)20)2-4-10(16)21/h1,3,6,8,18H,2,4-5H2,(H2,16,21)(H,19,20). The fourth-order valence-corrected chi connectivity index (χ4v) is 1.83. The van der Waals surface area contributed by atoms with Crippen LogP contribution in [0.15, 0.2) is 18.3 Å². The molecule has 1 atom stereocenters. The summed E-state index contributed by atoms with van der Waals surface area (Å²) in [6.07, 6.45) is -3.72. The molecular formula is C12H14F3N3O2S. The minimum absolute atomic E-state index is 0.208. The summed E-state index contributed by atoms with van der Waals surface area (Å²) in [5.74, 6) is 0. The summed E-state index contributed by atoms with van der Waals surface area (Å²) >= 11 is 4.72. The highest BCUT2D eigenvalue weighted by Gasteiger charge is 2.32. The van der Waals surface area contributed by atoms with Crippen molar-refractivity contribution in [1.82, 2.24) is 10.3 Å². The van der Waals surface area contributed by atoms with Gasteiger partial charge < -0.3 is 16.2 Å². The Labute approximate surface area is 124 Å². The van der Waals surface area contributed by atoms with Gasteiger partial charge in [0.25, 0.3) is 0 Å². The zero-order chi connectivity index (χ0) is 16.0. The number of carbonyl (C=O) groups is 1. The number of nitrogens with zero attached hydrogens (tertiary/aromatic N) is 1. The van der Waals surface area contributed by atoms with E-state index in [2.05, 4.69) is 10.3 Å². The molecule has 0 aliphatic carbocycles. The van der Waals surface area contributed by atoms with Crippen LogP contribution in [-0.4, -0.2) is 27.2 Å². The fourth-order valence-electron chi connectivity index (χ4n) is 1.71. The second kappa shape index (κ2) is 7.21. The van der Waals surface area contributed by atoms with Crippen molar-refractivity contribution in [2.75, 3.05) is 0 Å². The molecule has 1 aromatic rings. The number of amides is 1. The van der Waals surface area contributed by atoms with E-state index in [1.165, 1.54) is 6.07 Å². The maximum Gasteiger partial charge on any atom is 0.433 e. The van der Waals surface area contributed by atoms with E-state index in [0.29, 0.717) is 18.4 Å². The molecular weight excluding hydrogens is 307 g/mol. The maximum atomic E-state index is 12.4. The molecule has 5 nitrogen and oxygen atoms in total. The molecule has 0 bridgehead atoms. The molecule has 21 heavy (non-hydrogen) atoms. The molecule has 0 aliphatic rings. The summed E-state index contributed by atoms with van der Waals surface area (Å²) in [4.78, 5) is 14.3. The Balaban J connectivity index is 2.73. The topological polar surface area (TPSA) is 88.2 Å². The summed E-state index contributed by atoms with van der Waals surface area (Å²) in [5.41, 5.74) is 4.85. The van der Waals surface area contributed by atoms with Crippen molar-refractivity contribution in [2.45, 2.75) is 31.5 Å². The molecule has 1 amide bonds. The van der Waals surface area contributed by atoms with Crippen molar-refractivity contribution in [2.24, 2.45) is 5.73 Å². The number of alkyl halides is 3. The van der Waals surface area contributed by atoms with E-state index in [1.807, 2.05) is 0 Å². The van der Waals surface area contributed by atoms with E-state index < -0.39 is 24.0 Å². The average molecular weight is 321 g/mol. The molecule has 0 aromatic carbocycles. The van der Waals surface area contributed by atoms with Crippen LogP contribution in [0, 0.1) is 0 Å². The van der Waals surface area contributed by atoms with Gasteiger partial charge in [-0.2, -0.15) is 13.2 Å². The zero-order valence-corrected chi connectivity index (χ0v) is 11.7. The molecule has 0 spiro atoms. The highest BCUT2D eigenvalue weighted by atomic mass is 32.1. The number of thiocarbonyl (C=S) groups is 1. The molecule has 4 N–H and O–H groups in total. The Hall–Kier alpha value is -1.90. The van der Waals surface area contributed by atoms with Gasteiger partial charge in [-0.3, -0.25) is 4.98 Å². The summed E-state index contributed by atoms with van der Waals surface area (Å²) in [6.45, 7) is 0. The lowest BCUT2D eigenvalue weighted by Crippen LogP contribution is -2.36. The van der Waals surface area contributed by atoms with Crippen LogP contribution in [0.5, 0.6) is 0 Å². The van der Waals surface area contributed by atoms with Gasteiger partial charge in [0.2, 0.25) is 0 Å². The first-order valence-corrected chi connectivity index (χ1v) is 6.39. The van der Waals surface area contributed by atoms with E-state index in [1.54, 1.807) is 0 Å². The Morgan fingerprint density at radius 2 is 2.14 bits per heavy atom. The number of nitrogens with two attached hydrogens (primary N) is 1. The van der Waals surface area contributed by atoms with Crippen molar-refractivity contribution in [3.8, 4) is 0 Å². The van der Waals surface area contributed by atoms with Crippen LogP contribution in [0.3, 0.4) is 0 Å². The SMILES string of the molecule is NC(=S)CCC(Cc1ccc(C(F)(F)F)nc1)NC(=O)O. The molecule has 0 saturated heterocycles. The number of hydrogen-bond donors (Lipinski definition) is 3. The molecule has 0 fully saturated rings. The van der Waals surface area contributed by atoms with Crippen molar-refractivity contribution in [3.05, 3.63) is 29.6 Å². The summed E-state index contributed by atoms with van der Waals surface area (Å²) in [5, 5.41) is 11.0. The predicted molar refractivity (Wildman–Crippen MR) is 73.9 cm³/mol. The molecule has 1 rings (SSSR count). The van der Waals surface area contributed by atoms with Crippen LogP contribution in [0.1, 0.15) is 24.1 Å². The average Bonchev–Trinajstić information content (AvgIpc) is 2.35. The normalized spacial score (nSPS) is 12.7. The van der Waals surface area contributed by atoms with Crippen molar-refractivity contribution in [3.63, 3.8) is 0 Å². The lowest BCUT2D eigenvalue weighted by molar-refractivity contribution is -0.141. The van der Waals surface area contributed by atoms with Gasteiger partial charge in [0.15, 0.2) is 0 Å². The number of pyridine rings is 1. The summed E-state index contributed by atoms with van der Waals surface area (Å²) < 4.78 is 37.1. The third-order valence-corrected chi connectivity index (χ3v) is 2.87. The highest BCUT2D eigenvalue weighted by molar-refractivity contribution is 7.80. The number of carboxylic acid groups (broad SMARTS) is 1. The van der Waals surface area contributed by atoms with Gasteiger partial charge >= 0.3 is 12.3 Å². The summed E-state index contributed by atoms with van der Waals surface area (Å²) in [6, 6.07) is 1.64. The summed E-state index contributed by atoms with van der Waals surface area (Å²) in [7, 11) is 0. The van der Waals surface area contributed by atoms with Gasteiger partial charge in [0, 0.05) is 12.2 Å². The first kappa shape index (κ1) is 17.2. The Morgan fingerprint density at radius 1 is 1.48 bits per heavy atom. The van der Waals surface area contributed by atoms with Crippen LogP contribution in [0.4, 0.5) is 18.0 Å². The van der Waals surface area contributed by atoms with Gasteiger partial charge in [-0.25, -0.2) is 4.79 Å². The van der Waals surface area contributed by atoms with Crippen molar-refractivity contribution < 1.29 is 23.1 Å². The lowest BCUT2D eigenvalue weighted by Gasteiger charge is -2.16. The van der Waals surface area contributed by atoms with Crippen molar-refractivity contribution in [1.29, 1.82) is 0 Å². The van der Waals surface area contributed by atoms with Gasteiger partial charge in [0.05, 0.1) is 4.99 Å². The van der Waals surface area contributed by atoms with Crippen LogP contribution >= 0.6 is 12.2 Å². The van der Waals surface area contributed by atoms with Crippen LogP contribution in [0.25, 0.3) is 0 Å². The molecule has 1 unspecified atom stereocenters. The van der Waals surface area contributed by atoms with E-state index in [0.717, 1.165) is 12.3 Å². The second-order valence-electron chi connectivity index (χ2n) is 4.40. The largest absolute Gasteiger partial charge is 0.465 e. The van der Waals surface area contributed by atoms with Gasteiger partial charge in [-0.15, -0.1) is 0 Å². The molecule has 0 radical (unpaired) electrons. The molecule has 1 heterocycles. The molecule has 0 aliphatic heterocycles. The monoisotopic (exact) mass is 321 g/mol. The predicted octanol–water partition coefficient (Wildman–Crippen LogP) is 2.35. The lowest BCUT2D eigenvalue weighted by atomic mass is 10.0. The first-order chi connectivity index (χ1) is 9.68. The quantitative estimate of drug-likeness (QED) is 0.700. The van der Waals surface area contributed by atoms with Gasteiger partial charge in [-0.05, 0) is 30.9 Å². The van der Waals surface area contributed by atoms with Crippen molar-refractivity contribution >= 4 is 23.3 Å². The van der Waals surface area contributed by atoms with E-state index in [9.17, 15) is 18.0 Å². The molecule has 0 saturated carbocycles. The number of aromatic nitrogens is 1. The van der Waals surface area contributed by atoms with Crippen LogP contribution in [-0.2, 0) is 12.6 Å². The van der Waals surface area contributed by atoms with Crippen LogP contribution < -0.4 is 11.1 Å². The smallest absolute Gasteiger partial charge is 0.433 e. The number of rotatable bonds is 6. The van der Waals surface area contributed by atoms with Gasteiger partial charge in [-0.1, -0.05) is 18.3 Å². The molecule has 9 heteroatoms. The fraction of sp³-hybridized carbons (Fsp3) is 0.417. The maximum absolute atomic E-state index is 12.4. The second-order valence-corrected chi connectivity index (χ2v) is 4.93. The first-order valence-electron chi connectivity index (χ1n) is 5.98. The Morgan fingerprint density at radius 3 is 2.57 bits per heavy atom.